The highest BCUT2D eigenvalue weighted by Gasteiger charge is 2.22. The minimum Gasteiger partial charge on any atom is -0.465 e. The summed E-state index contributed by atoms with van der Waals surface area (Å²) < 4.78 is 38.2. The summed E-state index contributed by atoms with van der Waals surface area (Å²) in [6.45, 7) is 4.75. The summed E-state index contributed by atoms with van der Waals surface area (Å²) in [5.74, 6) is -0.640. The van der Waals surface area contributed by atoms with Crippen LogP contribution in [0.2, 0.25) is 5.02 Å². The molecule has 0 unspecified atom stereocenters. The van der Waals surface area contributed by atoms with E-state index in [2.05, 4.69) is 14.4 Å². The van der Waals surface area contributed by atoms with E-state index in [0.717, 1.165) is 24.3 Å². The van der Waals surface area contributed by atoms with Gasteiger partial charge in [0.1, 0.15) is 4.90 Å². The van der Waals surface area contributed by atoms with Gasteiger partial charge >= 0.3 is 5.97 Å². The van der Waals surface area contributed by atoms with Gasteiger partial charge in [0.15, 0.2) is 0 Å². The predicted octanol–water partition coefficient (Wildman–Crippen LogP) is 3.07. The minimum atomic E-state index is -3.99. The third-order valence-electron chi connectivity index (χ3n) is 4.47. The van der Waals surface area contributed by atoms with Crippen LogP contribution in [0, 0.1) is 6.92 Å². The monoisotopic (exact) mass is 424 g/mol. The van der Waals surface area contributed by atoms with Gasteiger partial charge in [-0.25, -0.2) is 13.2 Å². The minimum absolute atomic E-state index is 0.0164. The van der Waals surface area contributed by atoms with Crippen LogP contribution in [-0.2, 0) is 19.5 Å². The normalized spacial score (nSPS) is 14.6. The van der Waals surface area contributed by atoms with Crippen LogP contribution in [-0.4, -0.2) is 47.8 Å². The van der Waals surface area contributed by atoms with Crippen molar-refractivity contribution in [2.45, 2.75) is 11.8 Å². The number of hydrogen-bond acceptors (Lipinski definition) is 6. The van der Waals surface area contributed by atoms with Crippen molar-refractivity contribution in [3.05, 3.63) is 52.5 Å². The summed E-state index contributed by atoms with van der Waals surface area (Å²) in [5, 5.41) is 0.0164. The summed E-state index contributed by atoms with van der Waals surface area (Å²) in [7, 11) is -2.77. The van der Waals surface area contributed by atoms with Gasteiger partial charge < -0.3 is 14.4 Å². The Balaban J connectivity index is 1.87. The highest BCUT2D eigenvalue weighted by Crippen LogP contribution is 2.28. The van der Waals surface area contributed by atoms with Crippen LogP contribution in [0.1, 0.15) is 15.9 Å². The van der Waals surface area contributed by atoms with E-state index in [1.807, 2.05) is 19.1 Å². The van der Waals surface area contributed by atoms with Gasteiger partial charge in [-0.3, -0.25) is 4.72 Å². The van der Waals surface area contributed by atoms with Gasteiger partial charge in [-0.1, -0.05) is 11.6 Å². The van der Waals surface area contributed by atoms with Crippen LogP contribution in [0.15, 0.2) is 41.3 Å². The van der Waals surface area contributed by atoms with Crippen molar-refractivity contribution in [2.75, 3.05) is 43.0 Å². The van der Waals surface area contributed by atoms with Crippen LogP contribution in [0.3, 0.4) is 0 Å². The van der Waals surface area contributed by atoms with Crippen LogP contribution in [0.5, 0.6) is 0 Å². The molecule has 0 atom stereocenters. The average molecular weight is 425 g/mol. The maximum atomic E-state index is 12.8. The van der Waals surface area contributed by atoms with Crippen molar-refractivity contribution < 1.29 is 22.7 Å². The lowest BCUT2D eigenvalue weighted by Crippen LogP contribution is -2.36. The molecule has 0 spiro atoms. The molecule has 1 heterocycles. The predicted molar refractivity (Wildman–Crippen MR) is 108 cm³/mol. The number of anilines is 2. The van der Waals surface area contributed by atoms with Gasteiger partial charge in [0.05, 0.1) is 36.6 Å². The Bertz CT molecular complexity index is 988. The van der Waals surface area contributed by atoms with Crippen molar-refractivity contribution >= 4 is 39.0 Å². The fourth-order valence-corrected chi connectivity index (χ4v) is 4.59. The summed E-state index contributed by atoms with van der Waals surface area (Å²) in [4.78, 5) is 13.7. The second-order valence-electron chi connectivity index (χ2n) is 6.34. The van der Waals surface area contributed by atoms with E-state index in [9.17, 15) is 13.2 Å². The number of nitrogens with zero attached hydrogens (tertiary/aromatic N) is 1. The fraction of sp³-hybridized carbons (Fsp3) is 0.316. The maximum absolute atomic E-state index is 12.8. The highest BCUT2D eigenvalue weighted by atomic mass is 35.5. The number of nitrogens with one attached hydrogen (secondary N) is 1. The molecule has 9 heteroatoms. The van der Waals surface area contributed by atoms with E-state index in [1.165, 1.54) is 25.3 Å². The topological polar surface area (TPSA) is 84.9 Å². The Labute approximate surface area is 169 Å². The molecule has 0 radical (unpaired) electrons. The molecular weight excluding hydrogens is 404 g/mol. The number of ether oxygens (including phenoxy) is 2. The number of carbonyl (C=O) groups is 1. The van der Waals surface area contributed by atoms with Gasteiger partial charge in [0, 0.05) is 18.8 Å². The van der Waals surface area contributed by atoms with Crippen molar-refractivity contribution in [3.8, 4) is 0 Å². The molecule has 1 N–H and O–H groups in total. The van der Waals surface area contributed by atoms with E-state index in [0.29, 0.717) is 18.9 Å². The van der Waals surface area contributed by atoms with Crippen LogP contribution >= 0.6 is 11.6 Å². The first-order valence-electron chi connectivity index (χ1n) is 8.66. The Hall–Kier alpha value is -2.29. The lowest BCUT2D eigenvalue weighted by molar-refractivity contribution is 0.0600. The first-order chi connectivity index (χ1) is 13.3. The van der Waals surface area contributed by atoms with Gasteiger partial charge in [-0.05, 0) is 48.9 Å². The smallest absolute Gasteiger partial charge is 0.337 e. The van der Waals surface area contributed by atoms with Crippen molar-refractivity contribution in [2.24, 2.45) is 0 Å². The first-order valence-corrected chi connectivity index (χ1v) is 10.5. The zero-order valence-electron chi connectivity index (χ0n) is 15.6. The molecule has 2 aromatic rings. The second-order valence-corrected chi connectivity index (χ2v) is 8.40. The zero-order valence-corrected chi connectivity index (χ0v) is 17.1. The molecule has 7 nitrogen and oxygen atoms in total. The molecule has 150 valence electrons. The van der Waals surface area contributed by atoms with Crippen molar-refractivity contribution in [1.29, 1.82) is 0 Å². The third kappa shape index (κ3) is 4.40. The van der Waals surface area contributed by atoms with E-state index in [1.54, 1.807) is 6.07 Å². The SMILES string of the molecule is COC(=O)c1ccc(Cl)c(S(=O)(=O)Nc2ccc(N3CCOCC3)cc2C)c1. The van der Waals surface area contributed by atoms with Gasteiger partial charge in [0.2, 0.25) is 0 Å². The molecule has 2 aromatic carbocycles. The zero-order chi connectivity index (χ0) is 20.3. The molecule has 0 aromatic heterocycles. The maximum Gasteiger partial charge on any atom is 0.337 e. The highest BCUT2D eigenvalue weighted by molar-refractivity contribution is 7.92. The molecular formula is C19H21ClN2O5S. The number of methoxy groups -OCH3 is 1. The number of rotatable bonds is 5. The van der Waals surface area contributed by atoms with E-state index in [4.69, 9.17) is 16.3 Å². The Morgan fingerprint density at radius 2 is 1.89 bits per heavy atom. The van der Waals surface area contributed by atoms with Crippen molar-refractivity contribution in [1.82, 2.24) is 0 Å². The molecule has 1 fully saturated rings. The van der Waals surface area contributed by atoms with E-state index >= 15 is 0 Å². The van der Waals surface area contributed by atoms with Crippen molar-refractivity contribution in [3.63, 3.8) is 0 Å². The van der Waals surface area contributed by atoms with Crippen LogP contribution in [0.4, 0.5) is 11.4 Å². The van der Waals surface area contributed by atoms with Crippen LogP contribution < -0.4 is 9.62 Å². The van der Waals surface area contributed by atoms with Gasteiger partial charge in [-0.15, -0.1) is 0 Å². The Kier molecular flexibility index (Phi) is 6.12. The largest absolute Gasteiger partial charge is 0.465 e. The molecule has 1 saturated heterocycles. The molecule has 0 aliphatic carbocycles. The molecule has 0 bridgehead atoms. The third-order valence-corrected chi connectivity index (χ3v) is 6.32. The average Bonchev–Trinajstić information content (AvgIpc) is 2.69. The standard InChI is InChI=1S/C19H21ClN2O5S/c1-13-11-15(22-7-9-27-10-8-22)4-6-17(13)21-28(24,25)18-12-14(19(23)26-2)3-5-16(18)20/h3-6,11-12,21H,7-10H2,1-2H3. The first kappa shape index (κ1) is 20.4. The summed E-state index contributed by atoms with van der Waals surface area (Å²) in [6, 6.07) is 9.48. The fourth-order valence-electron chi connectivity index (χ4n) is 2.93. The molecule has 28 heavy (non-hydrogen) atoms. The summed E-state index contributed by atoms with van der Waals surface area (Å²) in [5.41, 5.74) is 2.32. The quantitative estimate of drug-likeness (QED) is 0.742. The summed E-state index contributed by atoms with van der Waals surface area (Å²) in [6.07, 6.45) is 0. The van der Waals surface area contributed by atoms with Gasteiger partial charge in [-0.2, -0.15) is 0 Å². The molecule has 3 rings (SSSR count). The Morgan fingerprint density at radius 3 is 2.54 bits per heavy atom. The number of benzene rings is 2. The van der Waals surface area contributed by atoms with Crippen LogP contribution in [0.25, 0.3) is 0 Å². The number of sulfonamides is 1. The molecule has 1 aliphatic heterocycles. The second kappa shape index (κ2) is 8.38. The Morgan fingerprint density at radius 1 is 1.18 bits per heavy atom. The number of morpholine rings is 1. The lowest BCUT2D eigenvalue weighted by Gasteiger charge is -2.29. The number of aryl methyl sites for hydroxylation is 1. The number of esters is 1. The molecule has 0 saturated carbocycles. The van der Waals surface area contributed by atoms with E-state index in [-0.39, 0.29) is 15.5 Å². The molecule has 0 amide bonds. The molecule has 1 aliphatic rings. The number of carbonyl (C=O) groups excluding carboxylic acids is 1. The number of hydrogen-bond donors (Lipinski definition) is 1. The van der Waals surface area contributed by atoms with Gasteiger partial charge in [0.25, 0.3) is 10.0 Å². The lowest BCUT2D eigenvalue weighted by atomic mass is 10.1. The van der Waals surface area contributed by atoms with E-state index < -0.39 is 16.0 Å². The summed E-state index contributed by atoms with van der Waals surface area (Å²) >= 11 is 6.07. The number of halogens is 1.